The summed E-state index contributed by atoms with van der Waals surface area (Å²) in [5.74, 6) is 0. The molecule has 0 atom stereocenters. The molecule has 17 heavy (non-hydrogen) atoms. The van der Waals surface area contributed by atoms with Gasteiger partial charge in [-0.05, 0) is 53.9 Å². The SMILES string of the molecule is CC(C)(O)CN(C(=O)OC(C)(C)C)C1CCC1. The van der Waals surface area contributed by atoms with E-state index in [0.717, 1.165) is 19.3 Å². The molecule has 1 N–H and O–H groups in total. The van der Waals surface area contributed by atoms with E-state index in [9.17, 15) is 9.90 Å². The lowest BCUT2D eigenvalue weighted by Gasteiger charge is -2.40. The van der Waals surface area contributed by atoms with Crippen molar-refractivity contribution in [3.05, 3.63) is 0 Å². The van der Waals surface area contributed by atoms with Gasteiger partial charge in [-0.25, -0.2) is 4.79 Å². The number of nitrogens with zero attached hydrogens (tertiary/aromatic N) is 1. The van der Waals surface area contributed by atoms with E-state index in [2.05, 4.69) is 0 Å². The Kier molecular flexibility index (Phi) is 4.07. The Bertz CT molecular complexity index is 271. The average Bonchev–Trinajstić information content (AvgIpc) is 1.93. The highest BCUT2D eigenvalue weighted by Crippen LogP contribution is 2.27. The van der Waals surface area contributed by atoms with Crippen molar-refractivity contribution in [2.45, 2.75) is 71.1 Å². The van der Waals surface area contributed by atoms with E-state index in [4.69, 9.17) is 4.74 Å². The van der Waals surface area contributed by atoms with Gasteiger partial charge in [0.05, 0.1) is 12.1 Å². The Hall–Kier alpha value is -0.770. The molecule has 1 saturated carbocycles. The second-order valence-electron chi connectivity index (χ2n) is 6.51. The zero-order chi connectivity index (χ0) is 13.3. The zero-order valence-electron chi connectivity index (χ0n) is 11.6. The Balaban J connectivity index is 2.65. The average molecular weight is 243 g/mol. The van der Waals surface area contributed by atoms with E-state index in [1.54, 1.807) is 18.7 Å². The van der Waals surface area contributed by atoms with Crippen LogP contribution in [0.15, 0.2) is 0 Å². The van der Waals surface area contributed by atoms with E-state index in [1.807, 2.05) is 20.8 Å². The highest BCUT2D eigenvalue weighted by atomic mass is 16.6. The molecule has 0 aromatic rings. The van der Waals surface area contributed by atoms with Crippen molar-refractivity contribution < 1.29 is 14.6 Å². The first-order chi connectivity index (χ1) is 7.58. The fraction of sp³-hybridized carbons (Fsp3) is 0.923. The molecule has 4 heteroatoms. The standard InChI is InChI=1S/C13H25NO3/c1-12(2,3)17-11(15)14(9-13(4,5)16)10-7-6-8-10/h10,16H,6-9H2,1-5H3. The maximum atomic E-state index is 12.1. The Morgan fingerprint density at radius 1 is 1.29 bits per heavy atom. The van der Waals surface area contributed by atoms with E-state index in [-0.39, 0.29) is 12.1 Å². The lowest BCUT2D eigenvalue weighted by molar-refractivity contribution is -0.0250. The molecular formula is C13H25NO3. The largest absolute Gasteiger partial charge is 0.444 e. The number of amides is 1. The van der Waals surface area contributed by atoms with Gasteiger partial charge in [0.25, 0.3) is 0 Å². The number of hydrogen-bond donors (Lipinski definition) is 1. The lowest BCUT2D eigenvalue weighted by atomic mass is 9.91. The summed E-state index contributed by atoms with van der Waals surface area (Å²) in [7, 11) is 0. The molecule has 0 saturated heterocycles. The highest BCUT2D eigenvalue weighted by Gasteiger charge is 2.34. The van der Waals surface area contributed by atoms with Gasteiger partial charge in [0.1, 0.15) is 5.60 Å². The van der Waals surface area contributed by atoms with Gasteiger partial charge in [0, 0.05) is 6.04 Å². The number of carbonyl (C=O) groups is 1. The number of aliphatic hydroxyl groups is 1. The quantitative estimate of drug-likeness (QED) is 0.828. The number of carbonyl (C=O) groups excluding carboxylic acids is 1. The van der Waals surface area contributed by atoms with Crippen LogP contribution in [-0.2, 0) is 4.74 Å². The van der Waals surface area contributed by atoms with Gasteiger partial charge < -0.3 is 14.7 Å². The maximum Gasteiger partial charge on any atom is 0.410 e. The minimum Gasteiger partial charge on any atom is -0.444 e. The van der Waals surface area contributed by atoms with Crippen LogP contribution in [0, 0.1) is 0 Å². The van der Waals surface area contributed by atoms with Gasteiger partial charge in [-0.2, -0.15) is 0 Å². The first-order valence-corrected chi connectivity index (χ1v) is 6.30. The summed E-state index contributed by atoms with van der Waals surface area (Å²) in [6, 6.07) is 0.233. The zero-order valence-corrected chi connectivity index (χ0v) is 11.6. The molecule has 1 aliphatic rings. The van der Waals surface area contributed by atoms with E-state index in [1.165, 1.54) is 0 Å². The summed E-state index contributed by atoms with van der Waals surface area (Å²) < 4.78 is 5.38. The summed E-state index contributed by atoms with van der Waals surface area (Å²) in [5, 5.41) is 9.85. The van der Waals surface area contributed by atoms with Crippen LogP contribution >= 0.6 is 0 Å². The molecule has 0 unspecified atom stereocenters. The third kappa shape index (κ3) is 4.94. The second-order valence-corrected chi connectivity index (χ2v) is 6.51. The minimum absolute atomic E-state index is 0.233. The maximum absolute atomic E-state index is 12.1. The molecule has 4 nitrogen and oxygen atoms in total. The molecule has 0 bridgehead atoms. The monoisotopic (exact) mass is 243 g/mol. The first-order valence-electron chi connectivity index (χ1n) is 6.30. The van der Waals surface area contributed by atoms with Gasteiger partial charge >= 0.3 is 6.09 Å². The van der Waals surface area contributed by atoms with Crippen LogP contribution < -0.4 is 0 Å². The molecular weight excluding hydrogens is 218 g/mol. The fourth-order valence-electron chi connectivity index (χ4n) is 1.78. The highest BCUT2D eigenvalue weighted by molar-refractivity contribution is 5.68. The van der Waals surface area contributed by atoms with Crippen LogP contribution in [-0.4, -0.2) is 39.9 Å². The Morgan fingerprint density at radius 3 is 2.12 bits per heavy atom. The number of rotatable bonds is 3. The van der Waals surface area contributed by atoms with Crippen LogP contribution in [0.4, 0.5) is 4.79 Å². The van der Waals surface area contributed by atoms with Crippen LogP contribution in [0.1, 0.15) is 53.9 Å². The fourth-order valence-corrected chi connectivity index (χ4v) is 1.78. The van der Waals surface area contributed by atoms with E-state index in [0.29, 0.717) is 6.54 Å². The number of hydrogen-bond acceptors (Lipinski definition) is 3. The predicted octanol–water partition coefficient (Wildman–Crippen LogP) is 2.55. The molecule has 1 rings (SSSR count). The van der Waals surface area contributed by atoms with Crippen molar-refractivity contribution in [2.75, 3.05) is 6.54 Å². The summed E-state index contributed by atoms with van der Waals surface area (Å²) in [5.41, 5.74) is -1.37. The van der Waals surface area contributed by atoms with Gasteiger partial charge in [0.15, 0.2) is 0 Å². The van der Waals surface area contributed by atoms with Gasteiger partial charge in [0.2, 0.25) is 0 Å². The Labute approximate surface area is 104 Å². The van der Waals surface area contributed by atoms with Gasteiger partial charge in [-0.15, -0.1) is 0 Å². The molecule has 0 aliphatic heterocycles. The van der Waals surface area contributed by atoms with Gasteiger partial charge in [-0.1, -0.05) is 0 Å². The molecule has 0 radical (unpaired) electrons. The van der Waals surface area contributed by atoms with Gasteiger partial charge in [-0.3, -0.25) is 0 Å². The molecule has 1 fully saturated rings. The topological polar surface area (TPSA) is 49.8 Å². The summed E-state index contributed by atoms with van der Waals surface area (Å²) in [6.45, 7) is 9.31. The molecule has 0 heterocycles. The smallest absolute Gasteiger partial charge is 0.410 e. The summed E-state index contributed by atoms with van der Waals surface area (Å²) >= 11 is 0. The molecule has 0 aromatic carbocycles. The Morgan fingerprint density at radius 2 is 1.82 bits per heavy atom. The van der Waals surface area contributed by atoms with E-state index >= 15 is 0 Å². The minimum atomic E-state index is -0.882. The summed E-state index contributed by atoms with van der Waals surface area (Å²) in [6.07, 6.45) is 2.85. The normalized spacial score (nSPS) is 17.5. The molecule has 0 spiro atoms. The van der Waals surface area contributed by atoms with Crippen LogP contribution in [0.5, 0.6) is 0 Å². The van der Waals surface area contributed by atoms with Crippen molar-refractivity contribution in [1.29, 1.82) is 0 Å². The van der Waals surface area contributed by atoms with Crippen LogP contribution in [0.3, 0.4) is 0 Å². The van der Waals surface area contributed by atoms with E-state index < -0.39 is 11.2 Å². The third-order valence-corrected chi connectivity index (χ3v) is 2.70. The van der Waals surface area contributed by atoms with Crippen molar-refractivity contribution in [1.82, 2.24) is 4.90 Å². The molecule has 1 amide bonds. The van der Waals surface area contributed by atoms with Crippen LogP contribution in [0.25, 0.3) is 0 Å². The second kappa shape index (κ2) is 4.84. The van der Waals surface area contributed by atoms with Crippen LogP contribution in [0.2, 0.25) is 0 Å². The first kappa shape index (κ1) is 14.3. The molecule has 1 aliphatic carbocycles. The predicted molar refractivity (Wildman–Crippen MR) is 66.9 cm³/mol. The van der Waals surface area contributed by atoms with Crippen molar-refractivity contribution in [3.8, 4) is 0 Å². The lowest BCUT2D eigenvalue weighted by Crippen LogP contribution is -2.51. The summed E-state index contributed by atoms with van der Waals surface area (Å²) in [4.78, 5) is 13.7. The number of ether oxygens (including phenoxy) is 1. The third-order valence-electron chi connectivity index (χ3n) is 2.70. The van der Waals surface area contributed by atoms with Crippen molar-refractivity contribution in [2.24, 2.45) is 0 Å². The van der Waals surface area contributed by atoms with Crippen molar-refractivity contribution in [3.63, 3.8) is 0 Å². The van der Waals surface area contributed by atoms with Crippen molar-refractivity contribution >= 4 is 6.09 Å². The molecule has 100 valence electrons. The molecule has 0 aromatic heterocycles.